The van der Waals surface area contributed by atoms with E-state index < -0.39 is 31.1 Å². The van der Waals surface area contributed by atoms with Gasteiger partial charge in [-0.2, -0.15) is 0 Å². The van der Waals surface area contributed by atoms with Crippen LogP contribution in [-0.2, 0) is 20.2 Å². The molecule has 0 aliphatic heterocycles. The van der Waals surface area contributed by atoms with E-state index >= 15 is 0 Å². The minimum atomic E-state index is -5.41. The van der Waals surface area contributed by atoms with Crippen molar-refractivity contribution in [3.05, 3.63) is 0 Å². The summed E-state index contributed by atoms with van der Waals surface area (Å²) in [4.78, 5) is 0. The Bertz CT molecular complexity index is 308. The molecule has 12 heteroatoms. The average Bonchev–Trinajstić information content (AvgIpc) is 1.80. The Labute approximate surface area is 105 Å². The summed E-state index contributed by atoms with van der Waals surface area (Å²) in [5, 5.41) is 16.5. The van der Waals surface area contributed by atoms with Crippen molar-refractivity contribution in [3.8, 4) is 0 Å². The zero-order valence-corrected chi connectivity index (χ0v) is 8.95. The summed E-state index contributed by atoms with van der Waals surface area (Å²) in [6.07, 6.45) is 0. The first kappa shape index (κ1) is 20.4. The molecule has 0 saturated carbocycles. The van der Waals surface area contributed by atoms with E-state index in [1.165, 1.54) is 0 Å². The minimum absolute atomic E-state index is 0. The smallest absolute Gasteiger partial charge is 0.746 e. The summed E-state index contributed by atoms with van der Waals surface area (Å²) >= 11 is 0. The largest absolute Gasteiger partial charge is 1.00 e. The van der Waals surface area contributed by atoms with E-state index in [0.29, 0.717) is 0 Å². The molecule has 0 bridgehead atoms. The third kappa shape index (κ3) is 6.42. The molecule has 8 nitrogen and oxygen atoms in total. The van der Waals surface area contributed by atoms with E-state index in [9.17, 15) is 25.9 Å². The third-order valence-corrected chi connectivity index (χ3v) is 2.71. The second-order valence-electron chi connectivity index (χ2n) is 1.77. The maximum absolute atomic E-state index is 9.85. The normalized spacial score (nSPS) is 16.0. The molecule has 0 aliphatic carbocycles. The number of hydrogen-bond donors (Lipinski definition) is 2. The van der Waals surface area contributed by atoms with Gasteiger partial charge in [-0.1, -0.05) is 0 Å². The SMILES string of the molecule is O=S(=O)([O-])C(O)C(O)S(=O)(=O)[O-].[Li+].[Li+]. The quantitative estimate of drug-likeness (QED) is 0.360. The van der Waals surface area contributed by atoms with Crippen LogP contribution in [0.1, 0.15) is 0 Å². The first-order chi connectivity index (χ1) is 5.07. The summed E-state index contributed by atoms with van der Waals surface area (Å²) in [6, 6.07) is 0. The molecule has 0 aromatic rings. The Morgan fingerprint density at radius 2 is 0.929 bits per heavy atom. The molecular formula is C2H4Li2O8S2. The third-order valence-electron chi connectivity index (χ3n) is 0.835. The fraction of sp³-hybridized carbons (Fsp3) is 1.00. The van der Waals surface area contributed by atoms with Crippen LogP contribution in [-0.4, -0.2) is 47.0 Å². The Kier molecular flexibility index (Phi) is 9.46. The molecule has 0 aliphatic rings. The van der Waals surface area contributed by atoms with E-state index in [4.69, 9.17) is 10.2 Å². The molecule has 2 N–H and O–H groups in total. The Morgan fingerprint density at radius 1 is 0.786 bits per heavy atom. The molecule has 0 aromatic carbocycles. The van der Waals surface area contributed by atoms with Gasteiger partial charge in [-0.3, -0.25) is 0 Å². The number of hydrogen-bond acceptors (Lipinski definition) is 8. The molecular weight excluding hydrogens is 230 g/mol. The van der Waals surface area contributed by atoms with E-state index in [0.717, 1.165) is 0 Å². The molecule has 2 unspecified atom stereocenters. The van der Waals surface area contributed by atoms with Gasteiger partial charge in [0.1, 0.15) is 20.2 Å². The molecule has 2 atom stereocenters. The molecule has 0 aromatic heterocycles. The Morgan fingerprint density at radius 3 is 1.00 bits per heavy atom. The minimum Gasteiger partial charge on any atom is -0.746 e. The Balaban J connectivity index is -0.000000605. The van der Waals surface area contributed by atoms with Crippen LogP contribution >= 0.6 is 0 Å². The van der Waals surface area contributed by atoms with Crippen LogP contribution in [0.2, 0.25) is 0 Å². The van der Waals surface area contributed by atoms with Crippen LogP contribution in [0.4, 0.5) is 0 Å². The number of aliphatic hydroxyl groups excluding tert-OH is 2. The van der Waals surface area contributed by atoms with Crippen molar-refractivity contribution >= 4 is 20.2 Å². The van der Waals surface area contributed by atoms with Crippen LogP contribution < -0.4 is 37.7 Å². The average molecular weight is 234 g/mol. The van der Waals surface area contributed by atoms with Crippen LogP contribution in [0, 0.1) is 0 Å². The topological polar surface area (TPSA) is 155 Å². The number of aliphatic hydroxyl groups is 2. The maximum atomic E-state index is 9.85. The van der Waals surface area contributed by atoms with Gasteiger partial charge in [0.25, 0.3) is 0 Å². The van der Waals surface area contributed by atoms with Crippen molar-refractivity contribution in [2.24, 2.45) is 0 Å². The van der Waals surface area contributed by atoms with Crippen molar-refractivity contribution in [2.75, 3.05) is 0 Å². The van der Waals surface area contributed by atoms with Gasteiger partial charge < -0.3 is 19.3 Å². The first-order valence-corrected chi connectivity index (χ1v) is 5.26. The van der Waals surface area contributed by atoms with Crippen LogP contribution in [0.15, 0.2) is 0 Å². The molecule has 0 amide bonds. The summed E-state index contributed by atoms with van der Waals surface area (Å²) in [5.74, 6) is 0. The molecule has 14 heavy (non-hydrogen) atoms. The van der Waals surface area contributed by atoms with E-state index in [2.05, 4.69) is 0 Å². The standard InChI is InChI=1S/C2H6O8S2.2Li/c3-1(11(5,6)7)2(4)12(8,9)10;;/h1-4H,(H,5,6,7)(H,8,9,10);;/q;2*+1/p-2. The molecule has 0 heterocycles. The molecule has 0 fully saturated rings. The monoisotopic (exact) mass is 234 g/mol. The predicted octanol–water partition coefficient (Wildman–Crippen LogP) is -9.28. The second kappa shape index (κ2) is 6.50. The zero-order valence-electron chi connectivity index (χ0n) is 7.32. The summed E-state index contributed by atoms with van der Waals surface area (Å²) < 4.78 is 59.1. The van der Waals surface area contributed by atoms with Crippen molar-refractivity contribution in [1.29, 1.82) is 0 Å². The van der Waals surface area contributed by atoms with Gasteiger partial charge in [0.2, 0.25) is 0 Å². The first-order valence-electron chi connectivity index (χ1n) is 2.32. The van der Waals surface area contributed by atoms with Gasteiger partial charge in [0, 0.05) is 0 Å². The predicted molar refractivity (Wildman–Crippen MR) is 31.4 cm³/mol. The van der Waals surface area contributed by atoms with E-state index in [1.54, 1.807) is 0 Å². The summed E-state index contributed by atoms with van der Waals surface area (Å²) in [7, 11) is -10.8. The summed E-state index contributed by atoms with van der Waals surface area (Å²) in [6.45, 7) is 0. The van der Waals surface area contributed by atoms with Gasteiger partial charge in [0.05, 0.1) is 0 Å². The Hall–Kier alpha value is 0.935. The van der Waals surface area contributed by atoms with E-state index in [-0.39, 0.29) is 37.7 Å². The van der Waals surface area contributed by atoms with Crippen molar-refractivity contribution < 1.29 is 73.9 Å². The zero-order chi connectivity index (χ0) is 10.2. The van der Waals surface area contributed by atoms with E-state index in [1.807, 2.05) is 0 Å². The molecule has 0 rings (SSSR count). The maximum Gasteiger partial charge on any atom is 1.00 e. The van der Waals surface area contributed by atoms with Crippen LogP contribution in [0.3, 0.4) is 0 Å². The van der Waals surface area contributed by atoms with Crippen molar-refractivity contribution in [3.63, 3.8) is 0 Å². The molecule has 0 saturated heterocycles. The second-order valence-corrected chi connectivity index (χ2v) is 4.70. The van der Waals surface area contributed by atoms with Crippen molar-refractivity contribution in [2.45, 2.75) is 10.9 Å². The fourth-order valence-electron chi connectivity index (χ4n) is 0.285. The summed E-state index contributed by atoms with van der Waals surface area (Å²) in [5.41, 5.74) is -6.31. The van der Waals surface area contributed by atoms with Gasteiger partial charge in [0.15, 0.2) is 10.9 Å². The van der Waals surface area contributed by atoms with Gasteiger partial charge in [-0.05, 0) is 0 Å². The molecule has 0 radical (unpaired) electrons. The van der Waals surface area contributed by atoms with Crippen LogP contribution in [0.25, 0.3) is 0 Å². The number of rotatable bonds is 3. The van der Waals surface area contributed by atoms with Crippen LogP contribution in [0.5, 0.6) is 0 Å². The molecule has 74 valence electrons. The van der Waals surface area contributed by atoms with Gasteiger partial charge in [-0.15, -0.1) is 0 Å². The van der Waals surface area contributed by atoms with Gasteiger partial charge in [-0.25, -0.2) is 16.8 Å². The molecule has 0 spiro atoms. The van der Waals surface area contributed by atoms with Crippen molar-refractivity contribution in [1.82, 2.24) is 0 Å². The van der Waals surface area contributed by atoms with Gasteiger partial charge >= 0.3 is 37.7 Å². The fourth-order valence-corrected chi connectivity index (χ4v) is 1.67.